The SMILES string of the molecule is CCN(C(=O)C(F)(F)F)c1ccc(-c2ccc(C(=O)N3CC[C@H](C)Nc4ccccc43)cc2OCCCBr)cc1OC. The highest BCUT2D eigenvalue weighted by Gasteiger charge is 2.43. The number of nitrogens with zero attached hydrogens (tertiary/aromatic N) is 2. The Hall–Kier alpha value is -3.73. The van der Waals surface area contributed by atoms with Crippen LogP contribution < -0.4 is 24.6 Å². The Balaban J connectivity index is 1.73. The predicted octanol–water partition coefficient (Wildman–Crippen LogP) is 7.29. The van der Waals surface area contributed by atoms with Crippen LogP contribution in [0.5, 0.6) is 11.5 Å². The van der Waals surface area contributed by atoms with Gasteiger partial charge in [-0.25, -0.2) is 0 Å². The van der Waals surface area contributed by atoms with Crippen molar-refractivity contribution in [1.29, 1.82) is 0 Å². The number of anilines is 3. The van der Waals surface area contributed by atoms with Gasteiger partial charge in [0.1, 0.15) is 11.5 Å². The minimum absolute atomic E-state index is 0.00213. The molecular formula is C31H33BrF3N3O4. The van der Waals surface area contributed by atoms with Crippen molar-refractivity contribution in [3.8, 4) is 22.6 Å². The summed E-state index contributed by atoms with van der Waals surface area (Å²) >= 11 is 3.40. The van der Waals surface area contributed by atoms with E-state index in [2.05, 4.69) is 28.2 Å². The van der Waals surface area contributed by atoms with Gasteiger partial charge in [-0.3, -0.25) is 9.59 Å². The molecule has 0 unspecified atom stereocenters. The average Bonchev–Trinajstić information content (AvgIpc) is 3.15. The largest absolute Gasteiger partial charge is 0.495 e. The number of rotatable bonds is 9. The van der Waals surface area contributed by atoms with E-state index in [1.165, 1.54) is 20.1 Å². The first-order valence-corrected chi connectivity index (χ1v) is 14.8. The molecule has 1 aliphatic heterocycles. The van der Waals surface area contributed by atoms with Gasteiger partial charge in [-0.2, -0.15) is 13.2 Å². The van der Waals surface area contributed by atoms with E-state index in [0.29, 0.717) is 46.9 Å². The highest BCUT2D eigenvalue weighted by Crippen LogP contribution is 2.39. The molecule has 0 saturated carbocycles. The fourth-order valence-corrected chi connectivity index (χ4v) is 5.10. The van der Waals surface area contributed by atoms with E-state index in [1.807, 2.05) is 24.3 Å². The molecule has 2 amide bonds. The standard InChI is InChI=1S/C31H33BrF3N3O4/c1-4-37(30(40)31(33,34)35)26-13-11-21(18-28(26)41-3)23-12-10-22(19-27(23)42-17-7-15-32)29(39)38-16-14-20(2)36-24-8-5-6-9-25(24)38/h5-6,8-13,18-20,36H,4,7,14-17H2,1-3H3/t20-/m0/s1. The zero-order valence-corrected chi connectivity index (χ0v) is 25.2. The number of fused-ring (bicyclic) bond motifs is 1. The Kier molecular flexibility index (Phi) is 10.0. The summed E-state index contributed by atoms with van der Waals surface area (Å²) in [4.78, 5) is 28.3. The van der Waals surface area contributed by atoms with Crippen LogP contribution in [0.4, 0.5) is 30.2 Å². The number of ether oxygens (including phenoxy) is 2. The van der Waals surface area contributed by atoms with E-state index in [1.54, 1.807) is 35.2 Å². The van der Waals surface area contributed by atoms with Gasteiger partial charge in [0.05, 0.1) is 30.8 Å². The van der Waals surface area contributed by atoms with Gasteiger partial charge in [-0.1, -0.05) is 34.1 Å². The number of hydrogen-bond donors (Lipinski definition) is 1. The third-order valence-electron chi connectivity index (χ3n) is 6.98. The number of benzene rings is 3. The fraction of sp³-hybridized carbons (Fsp3) is 0.355. The van der Waals surface area contributed by atoms with E-state index in [9.17, 15) is 22.8 Å². The van der Waals surface area contributed by atoms with Crippen LogP contribution in [0.3, 0.4) is 0 Å². The van der Waals surface area contributed by atoms with Crippen LogP contribution in [0.1, 0.15) is 37.0 Å². The smallest absolute Gasteiger partial charge is 0.471 e. The Morgan fingerprint density at radius 2 is 1.86 bits per heavy atom. The lowest BCUT2D eigenvalue weighted by molar-refractivity contribution is -0.170. The molecule has 42 heavy (non-hydrogen) atoms. The first kappa shape index (κ1) is 31.2. The zero-order valence-electron chi connectivity index (χ0n) is 23.6. The van der Waals surface area contributed by atoms with Gasteiger partial charge in [-0.05, 0) is 74.7 Å². The van der Waals surface area contributed by atoms with Crippen LogP contribution >= 0.6 is 15.9 Å². The molecule has 11 heteroatoms. The van der Waals surface area contributed by atoms with Crippen molar-refractivity contribution in [2.45, 2.75) is 38.9 Å². The molecular weight excluding hydrogens is 615 g/mol. The van der Waals surface area contributed by atoms with Crippen LogP contribution in [-0.4, -0.2) is 56.2 Å². The molecule has 7 nitrogen and oxygen atoms in total. The molecule has 0 fully saturated rings. The number of alkyl halides is 4. The fourth-order valence-electron chi connectivity index (χ4n) is 4.87. The average molecular weight is 649 g/mol. The molecule has 1 aliphatic rings. The number of carbonyl (C=O) groups excluding carboxylic acids is 2. The van der Waals surface area contributed by atoms with Crippen molar-refractivity contribution < 1.29 is 32.2 Å². The summed E-state index contributed by atoms with van der Waals surface area (Å²) in [5.74, 6) is -1.60. The Morgan fingerprint density at radius 1 is 1.10 bits per heavy atom. The Morgan fingerprint density at radius 3 is 2.55 bits per heavy atom. The van der Waals surface area contributed by atoms with Crippen molar-refractivity contribution >= 4 is 44.8 Å². The van der Waals surface area contributed by atoms with E-state index < -0.39 is 12.1 Å². The maximum absolute atomic E-state index is 13.8. The summed E-state index contributed by atoms with van der Waals surface area (Å²) < 4.78 is 51.2. The molecule has 3 aromatic carbocycles. The van der Waals surface area contributed by atoms with E-state index >= 15 is 0 Å². The van der Waals surface area contributed by atoms with Crippen molar-refractivity contribution in [1.82, 2.24) is 0 Å². The number of nitrogens with one attached hydrogen (secondary N) is 1. The number of amides is 2. The molecule has 0 aromatic heterocycles. The third kappa shape index (κ3) is 6.83. The van der Waals surface area contributed by atoms with Crippen LogP contribution in [0.15, 0.2) is 60.7 Å². The number of carbonyl (C=O) groups is 2. The van der Waals surface area contributed by atoms with Gasteiger partial charge in [0.2, 0.25) is 0 Å². The van der Waals surface area contributed by atoms with Crippen molar-refractivity contribution in [2.75, 3.05) is 47.3 Å². The van der Waals surface area contributed by atoms with Crippen LogP contribution in [0.25, 0.3) is 11.1 Å². The topological polar surface area (TPSA) is 71.1 Å². The number of halogens is 4. The molecule has 1 heterocycles. The molecule has 0 radical (unpaired) electrons. The lowest BCUT2D eigenvalue weighted by Crippen LogP contribution is -2.41. The minimum Gasteiger partial charge on any atom is -0.495 e. The molecule has 1 atom stereocenters. The van der Waals surface area contributed by atoms with Gasteiger partial charge in [-0.15, -0.1) is 0 Å². The summed E-state index contributed by atoms with van der Waals surface area (Å²) in [5, 5.41) is 4.18. The molecule has 1 N–H and O–H groups in total. The third-order valence-corrected chi connectivity index (χ3v) is 7.54. The first-order chi connectivity index (χ1) is 20.1. The summed E-state index contributed by atoms with van der Waals surface area (Å²) in [6, 6.07) is 17.6. The number of para-hydroxylation sites is 2. The second kappa shape index (κ2) is 13.5. The molecule has 224 valence electrons. The van der Waals surface area contributed by atoms with Gasteiger partial charge >= 0.3 is 12.1 Å². The molecule has 0 saturated heterocycles. The predicted molar refractivity (Wildman–Crippen MR) is 162 cm³/mol. The highest BCUT2D eigenvalue weighted by molar-refractivity contribution is 9.09. The molecule has 4 rings (SSSR count). The van der Waals surface area contributed by atoms with Crippen molar-refractivity contribution in [3.05, 3.63) is 66.2 Å². The summed E-state index contributed by atoms with van der Waals surface area (Å²) in [5.41, 5.74) is 3.35. The highest BCUT2D eigenvalue weighted by atomic mass is 79.9. The zero-order chi connectivity index (χ0) is 30.4. The van der Waals surface area contributed by atoms with E-state index in [0.717, 1.165) is 23.1 Å². The molecule has 0 spiro atoms. The van der Waals surface area contributed by atoms with Gasteiger partial charge < -0.3 is 24.6 Å². The molecule has 0 bridgehead atoms. The second-order valence-corrected chi connectivity index (χ2v) is 10.6. The maximum Gasteiger partial charge on any atom is 0.471 e. The monoisotopic (exact) mass is 647 g/mol. The first-order valence-electron chi connectivity index (χ1n) is 13.7. The van der Waals surface area contributed by atoms with Crippen molar-refractivity contribution in [3.63, 3.8) is 0 Å². The van der Waals surface area contributed by atoms with E-state index in [-0.39, 0.29) is 29.9 Å². The minimum atomic E-state index is -5.03. The van der Waals surface area contributed by atoms with Gasteiger partial charge in [0.25, 0.3) is 5.91 Å². The van der Waals surface area contributed by atoms with Crippen molar-refractivity contribution in [2.24, 2.45) is 0 Å². The lowest BCUT2D eigenvalue weighted by atomic mass is 10.0. The van der Waals surface area contributed by atoms with Crippen LogP contribution in [0.2, 0.25) is 0 Å². The molecule has 0 aliphatic carbocycles. The number of methoxy groups -OCH3 is 1. The molecule has 3 aromatic rings. The lowest BCUT2D eigenvalue weighted by Gasteiger charge is -2.25. The summed E-state index contributed by atoms with van der Waals surface area (Å²) in [7, 11) is 1.33. The normalized spacial score (nSPS) is 14.8. The van der Waals surface area contributed by atoms with Gasteiger partial charge in [0, 0.05) is 35.6 Å². The van der Waals surface area contributed by atoms with Crippen LogP contribution in [0, 0.1) is 0 Å². The number of hydrogen-bond acceptors (Lipinski definition) is 5. The van der Waals surface area contributed by atoms with Crippen LogP contribution in [-0.2, 0) is 4.79 Å². The van der Waals surface area contributed by atoms with Gasteiger partial charge in [0.15, 0.2) is 0 Å². The Bertz CT molecular complexity index is 1430. The second-order valence-electron chi connectivity index (χ2n) is 9.84. The Labute approximate surface area is 251 Å². The van der Waals surface area contributed by atoms with E-state index in [4.69, 9.17) is 9.47 Å². The summed E-state index contributed by atoms with van der Waals surface area (Å²) in [6.07, 6.45) is -3.54. The quantitative estimate of drug-likeness (QED) is 0.195. The summed E-state index contributed by atoms with van der Waals surface area (Å²) in [6.45, 7) is 4.26. The maximum atomic E-state index is 13.8.